The summed E-state index contributed by atoms with van der Waals surface area (Å²) in [4.78, 5) is 83.2. The number of esters is 1. The first-order chi connectivity index (χ1) is 24.3. The number of nitrogens with zero attached hydrogens (tertiary/aromatic N) is 1. The summed E-state index contributed by atoms with van der Waals surface area (Å²) in [5.74, 6) is -3.28. The summed E-state index contributed by atoms with van der Waals surface area (Å²) in [6, 6.07) is 3.17. The standard InChI is InChI=1S/C40H61N5O7/c1-11-13-18-29(32(46)35(48)41-19-12-2)42-34(47)30-22-28(24(3)4)23-45(30)36(49)31(27-20-25-16-14-15-17-26(25)21-27)43-38(51)44-33(39(5,6)7)37(50)52-40(8,9)10/h12,14-17,24,27-31,33H,2,11,13,18-23H2,1,3-10H3,(H,41,48)(H,42,47)(H2,43,44,51)/t28-,29?,30+,31+,33-/m1/s1. The fourth-order valence-electron chi connectivity index (χ4n) is 6.89. The molecule has 1 unspecified atom stereocenters. The summed E-state index contributed by atoms with van der Waals surface area (Å²) in [5, 5.41) is 11.0. The van der Waals surface area contributed by atoms with E-state index >= 15 is 0 Å². The van der Waals surface area contributed by atoms with Crippen LogP contribution in [0.4, 0.5) is 4.79 Å². The molecule has 12 nitrogen and oxygen atoms in total. The van der Waals surface area contributed by atoms with Crippen LogP contribution in [-0.4, -0.2) is 83.3 Å². The fraction of sp³-hybridized carbons (Fsp3) is 0.650. The Morgan fingerprint density at radius 3 is 2.08 bits per heavy atom. The molecular weight excluding hydrogens is 662 g/mol. The number of nitrogens with one attached hydrogen (secondary N) is 4. The molecule has 0 spiro atoms. The summed E-state index contributed by atoms with van der Waals surface area (Å²) >= 11 is 0. The van der Waals surface area contributed by atoms with E-state index < -0.39 is 70.7 Å². The number of Topliss-reactive ketones (excluding diaryl/α,β-unsaturated/α-hetero) is 1. The molecule has 3 rings (SSSR count). The molecule has 1 aliphatic heterocycles. The highest BCUT2D eigenvalue weighted by Gasteiger charge is 2.46. The van der Waals surface area contributed by atoms with Gasteiger partial charge in [0.1, 0.15) is 23.7 Å². The largest absolute Gasteiger partial charge is 0.458 e. The van der Waals surface area contributed by atoms with Crippen LogP contribution in [0.5, 0.6) is 0 Å². The Morgan fingerprint density at radius 1 is 0.942 bits per heavy atom. The zero-order valence-electron chi connectivity index (χ0n) is 32.6. The minimum absolute atomic E-state index is 0.0203. The van der Waals surface area contributed by atoms with Crippen LogP contribution in [0.3, 0.4) is 0 Å². The lowest BCUT2D eigenvalue weighted by Gasteiger charge is -2.34. The first kappa shape index (κ1) is 42.2. The van der Waals surface area contributed by atoms with Crippen molar-refractivity contribution in [3.05, 3.63) is 48.0 Å². The van der Waals surface area contributed by atoms with Crippen molar-refractivity contribution >= 4 is 35.5 Å². The number of hydrogen-bond acceptors (Lipinski definition) is 7. The van der Waals surface area contributed by atoms with E-state index in [0.717, 1.165) is 17.5 Å². The predicted octanol–water partition coefficient (Wildman–Crippen LogP) is 4.25. The third-order valence-corrected chi connectivity index (χ3v) is 9.86. The minimum Gasteiger partial charge on any atom is -0.458 e. The van der Waals surface area contributed by atoms with E-state index in [2.05, 4.69) is 27.8 Å². The van der Waals surface area contributed by atoms with Crippen LogP contribution in [0.25, 0.3) is 0 Å². The van der Waals surface area contributed by atoms with E-state index in [1.54, 1.807) is 20.8 Å². The van der Waals surface area contributed by atoms with Gasteiger partial charge in [-0.05, 0) is 80.8 Å². The summed E-state index contributed by atoms with van der Waals surface area (Å²) in [6.45, 7) is 20.7. The number of amides is 5. The molecule has 0 aromatic heterocycles. The van der Waals surface area contributed by atoms with Gasteiger partial charge in [-0.3, -0.25) is 19.2 Å². The van der Waals surface area contributed by atoms with Crippen molar-refractivity contribution in [1.29, 1.82) is 0 Å². The van der Waals surface area contributed by atoms with Crippen molar-refractivity contribution in [2.24, 2.45) is 23.2 Å². The molecule has 0 saturated carbocycles. The number of likely N-dealkylation sites (tertiary alicyclic amines) is 1. The molecule has 5 amide bonds. The maximum Gasteiger partial charge on any atom is 0.329 e. The van der Waals surface area contributed by atoms with E-state index in [9.17, 15) is 28.8 Å². The summed E-state index contributed by atoms with van der Waals surface area (Å²) in [5.41, 5.74) is 0.675. The third-order valence-electron chi connectivity index (χ3n) is 9.86. The fourth-order valence-corrected chi connectivity index (χ4v) is 6.89. The van der Waals surface area contributed by atoms with Crippen LogP contribution >= 0.6 is 0 Å². The van der Waals surface area contributed by atoms with Crippen molar-refractivity contribution < 1.29 is 33.5 Å². The monoisotopic (exact) mass is 723 g/mol. The van der Waals surface area contributed by atoms with Gasteiger partial charge in [-0.25, -0.2) is 9.59 Å². The van der Waals surface area contributed by atoms with E-state index in [-0.39, 0.29) is 37.3 Å². The van der Waals surface area contributed by atoms with Gasteiger partial charge in [0.2, 0.25) is 17.6 Å². The SMILES string of the molecule is C=CCNC(=O)C(=O)C(CCCC)NC(=O)[C@@H]1C[C@@H](C(C)C)CN1C(=O)[C@@H](NC(=O)N[C@H](C(=O)OC(C)(C)C)C(C)(C)C)C1Cc2ccccc2C1. The second kappa shape index (κ2) is 18.0. The van der Waals surface area contributed by atoms with Crippen LogP contribution in [0, 0.1) is 23.2 Å². The summed E-state index contributed by atoms with van der Waals surface area (Å²) in [7, 11) is 0. The molecule has 2 aliphatic rings. The molecule has 5 atom stereocenters. The molecule has 0 radical (unpaired) electrons. The molecule has 1 fully saturated rings. The van der Waals surface area contributed by atoms with Crippen LogP contribution in [0.1, 0.15) is 99.1 Å². The Morgan fingerprint density at radius 2 is 1.56 bits per heavy atom. The smallest absolute Gasteiger partial charge is 0.329 e. The molecule has 1 aromatic carbocycles. The van der Waals surface area contributed by atoms with Crippen molar-refractivity contribution in [2.75, 3.05) is 13.1 Å². The Bertz CT molecular complexity index is 1450. The quantitative estimate of drug-likeness (QED) is 0.120. The van der Waals surface area contributed by atoms with E-state index in [1.165, 1.54) is 11.0 Å². The lowest BCUT2D eigenvalue weighted by atomic mass is 9.86. The topological polar surface area (TPSA) is 163 Å². The number of carbonyl (C=O) groups is 6. The van der Waals surface area contributed by atoms with E-state index in [1.807, 2.05) is 65.8 Å². The molecule has 288 valence electrons. The van der Waals surface area contributed by atoms with Gasteiger partial charge in [0.05, 0.1) is 6.04 Å². The zero-order valence-corrected chi connectivity index (χ0v) is 32.6. The van der Waals surface area contributed by atoms with Gasteiger partial charge in [0.25, 0.3) is 5.91 Å². The second-order valence-corrected chi connectivity index (χ2v) is 16.7. The maximum absolute atomic E-state index is 14.8. The molecule has 1 aromatic rings. The Hall–Kier alpha value is -4.22. The number of urea groups is 1. The molecule has 1 heterocycles. The zero-order chi connectivity index (χ0) is 39.0. The minimum atomic E-state index is -1.06. The van der Waals surface area contributed by atoms with Gasteiger partial charge in [-0.1, -0.05) is 84.7 Å². The molecule has 4 N–H and O–H groups in total. The molecule has 1 saturated heterocycles. The summed E-state index contributed by atoms with van der Waals surface area (Å²) < 4.78 is 5.63. The molecule has 12 heteroatoms. The lowest BCUT2D eigenvalue weighted by molar-refractivity contribution is -0.160. The normalized spacial score (nSPS) is 19.2. The maximum atomic E-state index is 14.8. The number of unbranched alkanes of at least 4 members (excludes halogenated alkanes) is 1. The van der Waals surface area contributed by atoms with Crippen molar-refractivity contribution in [3.8, 4) is 0 Å². The average Bonchev–Trinajstić information content (AvgIpc) is 3.70. The van der Waals surface area contributed by atoms with E-state index in [4.69, 9.17) is 4.74 Å². The molecule has 0 bridgehead atoms. The van der Waals surface area contributed by atoms with Gasteiger partial charge >= 0.3 is 12.0 Å². The first-order valence-electron chi connectivity index (χ1n) is 18.7. The predicted molar refractivity (Wildman–Crippen MR) is 200 cm³/mol. The van der Waals surface area contributed by atoms with Crippen LogP contribution in [0.2, 0.25) is 0 Å². The number of ketones is 1. The van der Waals surface area contributed by atoms with Gasteiger partial charge < -0.3 is 30.9 Å². The highest BCUT2D eigenvalue weighted by Crippen LogP contribution is 2.34. The number of ether oxygens (including phenoxy) is 1. The Balaban J connectivity index is 1.94. The number of hydrogen-bond donors (Lipinski definition) is 4. The number of benzene rings is 1. The van der Waals surface area contributed by atoms with Crippen LogP contribution < -0.4 is 21.3 Å². The van der Waals surface area contributed by atoms with Crippen LogP contribution in [0.15, 0.2) is 36.9 Å². The number of fused-ring (bicyclic) bond motifs is 1. The van der Waals surface area contributed by atoms with Crippen molar-refractivity contribution in [3.63, 3.8) is 0 Å². The summed E-state index contributed by atoms with van der Waals surface area (Å²) in [6.07, 6.45) is 4.53. The van der Waals surface area contributed by atoms with Gasteiger partial charge in [-0.2, -0.15) is 0 Å². The second-order valence-electron chi connectivity index (χ2n) is 16.7. The average molecular weight is 724 g/mol. The number of carbonyl (C=O) groups excluding carboxylic acids is 6. The molecule has 52 heavy (non-hydrogen) atoms. The molecular formula is C40H61N5O7. The van der Waals surface area contributed by atoms with Gasteiger partial charge in [-0.15, -0.1) is 6.58 Å². The Labute approximate surface area is 309 Å². The van der Waals surface area contributed by atoms with Crippen molar-refractivity contribution in [1.82, 2.24) is 26.2 Å². The Kier molecular flexibility index (Phi) is 14.6. The third kappa shape index (κ3) is 11.4. The van der Waals surface area contributed by atoms with Crippen LogP contribution in [-0.2, 0) is 41.6 Å². The van der Waals surface area contributed by atoms with E-state index in [0.29, 0.717) is 25.7 Å². The number of rotatable bonds is 15. The van der Waals surface area contributed by atoms with Crippen molar-refractivity contribution in [2.45, 2.75) is 131 Å². The molecule has 1 aliphatic carbocycles. The first-order valence-corrected chi connectivity index (χ1v) is 18.7. The lowest BCUT2D eigenvalue weighted by Crippen LogP contribution is -2.61. The highest BCUT2D eigenvalue weighted by molar-refractivity contribution is 6.38. The highest BCUT2D eigenvalue weighted by atomic mass is 16.6. The van der Waals surface area contributed by atoms with Gasteiger partial charge in [0, 0.05) is 13.1 Å². The van der Waals surface area contributed by atoms with Gasteiger partial charge in [0.15, 0.2) is 0 Å².